The average Bonchev–Trinajstić information content (AvgIpc) is 2.14. The van der Waals surface area contributed by atoms with Gasteiger partial charge >= 0.3 is 6.18 Å². The molecule has 8 heteroatoms. The monoisotopic (exact) mass is 346 g/mol. The molecule has 0 bridgehead atoms. The summed E-state index contributed by atoms with van der Waals surface area (Å²) in [5.41, 5.74) is 3.44. The summed E-state index contributed by atoms with van der Waals surface area (Å²) in [6, 6.07) is 1.57. The first-order chi connectivity index (χ1) is 7.27. The van der Waals surface area contributed by atoms with Crippen LogP contribution in [0.25, 0.3) is 0 Å². The van der Waals surface area contributed by atoms with Crippen LogP contribution in [0.1, 0.15) is 11.1 Å². The molecule has 1 aromatic carbocycles. The van der Waals surface area contributed by atoms with Crippen LogP contribution in [0.2, 0.25) is 0 Å². The fraction of sp³-hybridized carbons (Fsp3) is 0.250. The van der Waals surface area contributed by atoms with Gasteiger partial charge < -0.3 is 5.73 Å². The Hall–Kier alpha value is -0.900. The average molecular weight is 346 g/mol. The standard InChI is InChI=1S/C8H6F3IN2O2/c9-8(10,11)6-1-4(14(15)16)2-7(12)5(6)3-13/h1-2H,3,13H2. The molecule has 0 heterocycles. The van der Waals surface area contributed by atoms with Crippen LogP contribution in [0.3, 0.4) is 0 Å². The molecule has 0 aliphatic heterocycles. The van der Waals surface area contributed by atoms with Gasteiger partial charge in [0.15, 0.2) is 0 Å². The summed E-state index contributed by atoms with van der Waals surface area (Å²) in [6.07, 6.45) is -4.64. The SMILES string of the molecule is NCc1c(I)cc([N+](=O)[O-])cc1C(F)(F)F. The fourth-order valence-corrected chi connectivity index (χ4v) is 2.02. The Labute approximate surface area is 102 Å². The molecule has 0 saturated heterocycles. The molecule has 0 spiro atoms. The molecule has 2 N–H and O–H groups in total. The summed E-state index contributed by atoms with van der Waals surface area (Å²) in [5, 5.41) is 10.4. The quantitative estimate of drug-likeness (QED) is 0.509. The van der Waals surface area contributed by atoms with Gasteiger partial charge in [-0.3, -0.25) is 10.1 Å². The molecule has 0 amide bonds. The lowest BCUT2D eigenvalue weighted by molar-refractivity contribution is -0.385. The molecule has 4 nitrogen and oxygen atoms in total. The van der Waals surface area contributed by atoms with E-state index in [9.17, 15) is 23.3 Å². The number of alkyl halides is 3. The maximum atomic E-state index is 12.6. The fourth-order valence-electron chi connectivity index (χ4n) is 1.19. The molecule has 88 valence electrons. The lowest BCUT2D eigenvalue weighted by Gasteiger charge is -2.12. The van der Waals surface area contributed by atoms with Gasteiger partial charge in [0.1, 0.15) is 0 Å². The lowest BCUT2D eigenvalue weighted by atomic mass is 10.1. The van der Waals surface area contributed by atoms with E-state index in [-0.39, 0.29) is 15.7 Å². The number of hydrogen-bond acceptors (Lipinski definition) is 3. The van der Waals surface area contributed by atoms with Crippen molar-refractivity contribution in [3.8, 4) is 0 Å². The summed E-state index contributed by atoms with van der Waals surface area (Å²) in [7, 11) is 0. The minimum atomic E-state index is -4.64. The van der Waals surface area contributed by atoms with Gasteiger partial charge in [-0.25, -0.2) is 0 Å². The lowest BCUT2D eigenvalue weighted by Crippen LogP contribution is -2.14. The van der Waals surface area contributed by atoms with Crippen LogP contribution in [0.4, 0.5) is 18.9 Å². The third kappa shape index (κ3) is 2.61. The number of non-ortho nitro benzene ring substituents is 1. The number of hydrogen-bond donors (Lipinski definition) is 1. The molecule has 1 rings (SSSR count). The number of benzene rings is 1. The summed E-state index contributed by atoms with van der Waals surface area (Å²) < 4.78 is 37.9. The van der Waals surface area contributed by atoms with E-state index in [4.69, 9.17) is 5.73 Å². The number of halogens is 4. The zero-order chi connectivity index (χ0) is 12.5. The predicted octanol–water partition coefficient (Wildman–Crippen LogP) is 2.68. The van der Waals surface area contributed by atoms with Gasteiger partial charge in [-0.1, -0.05) is 0 Å². The van der Waals surface area contributed by atoms with Crippen molar-refractivity contribution in [1.29, 1.82) is 0 Å². The summed E-state index contributed by atoms with van der Waals surface area (Å²) in [5.74, 6) is 0. The topological polar surface area (TPSA) is 69.2 Å². The molecule has 16 heavy (non-hydrogen) atoms. The molecular weight excluding hydrogens is 340 g/mol. The minimum absolute atomic E-state index is 0.126. The third-order valence-corrected chi connectivity index (χ3v) is 2.86. The highest BCUT2D eigenvalue weighted by Crippen LogP contribution is 2.36. The third-order valence-electron chi connectivity index (χ3n) is 1.90. The second-order valence-corrected chi connectivity index (χ2v) is 4.07. The van der Waals surface area contributed by atoms with E-state index in [0.717, 1.165) is 6.07 Å². The zero-order valence-electron chi connectivity index (χ0n) is 7.71. The second-order valence-electron chi connectivity index (χ2n) is 2.91. The number of nitrogens with zero attached hydrogens (tertiary/aromatic N) is 1. The van der Waals surface area contributed by atoms with E-state index in [0.29, 0.717) is 6.07 Å². The van der Waals surface area contributed by atoms with Crippen molar-refractivity contribution in [3.05, 3.63) is 36.9 Å². The number of rotatable bonds is 2. The summed E-state index contributed by atoms with van der Waals surface area (Å²) in [4.78, 5) is 9.57. The molecule has 0 unspecified atom stereocenters. The van der Waals surface area contributed by atoms with Crippen molar-refractivity contribution in [3.63, 3.8) is 0 Å². The van der Waals surface area contributed by atoms with Crippen molar-refractivity contribution >= 4 is 28.3 Å². The first-order valence-corrected chi connectivity index (χ1v) is 5.09. The van der Waals surface area contributed by atoms with Gasteiger partial charge in [-0.2, -0.15) is 13.2 Å². The molecule has 0 aliphatic carbocycles. The Morgan fingerprint density at radius 3 is 2.38 bits per heavy atom. The molecule has 0 aromatic heterocycles. The van der Waals surface area contributed by atoms with E-state index in [1.807, 2.05) is 0 Å². The van der Waals surface area contributed by atoms with Crippen LogP contribution in [0.5, 0.6) is 0 Å². The second kappa shape index (κ2) is 4.53. The van der Waals surface area contributed by atoms with Crippen LogP contribution >= 0.6 is 22.6 Å². The number of nitrogens with two attached hydrogens (primary N) is 1. The summed E-state index contributed by atoms with van der Waals surface area (Å²) >= 11 is 1.60. The Morgan fingerprint density at radius 1 is 1.44 bits per heavy atom. The first-order valence-electron chi connectivity index (χ1n) is 4.01. The molecule has 0 fully saturated rings. The van der Waals surface area contributed by atoms with Gasteiger partial charge in [0.25, 0.3) is 5.69 Å². The van der Waals surface area contributed by atoms with E-state index in [1.54, 1.807) is 22.6 Å². The van der Waals surface area contributed by atoms with Gasteiger partial charge in [-0.05, 0) is 28.2 Å². The van der Waals surface area contributed by atoms with Crippen LogP contribution in [0.15, 0.2) is 12.1 Å². The van der Waals surface area contributed by atoms with Crippen molar-refractivity contribution in [2.24, 2.45) is 5.73 Å². The van der Waals surface area contributed by atoms with E-state index in [2.05, 4.69) is 0 Å². The highest BCUT2D eigenvalue weighted by molar-refractivity contribution is 14.1. The van der Waals surface area contributed by atoms with Crippen molar-refractivity contribution in [1.82, 2.24) is 0 Å². The van der Waals surface area contributed by atoms with Gasteiger partial charge in [0.2, 0.25) is 0 Å². The Bertz CT molecular complexity index is 434. The maximum Gasteiger partial charge on any atom is 0.417 e. The highest BCUT2D eigenvalue weighted by atomic mass is 127. The predicted molar refractivity (Wildman–Crippen MR) is 58.7 cm³/mol. The van der Waals surface area contributed by atoms with Crippen LogP contribution in [-0.4, -0.2) is 4.92 Å². The van der Waals surface area contributed by atoms with Crippen molar-refractivity contribution < 1.29 is 18.1 Å². The van der Waals surface area contributed by atoms with Gasteiger partial charge in [-0.15, -0.1) is 0 Å². The molecule has 0 radical (unpaired) electrons. The van der Waals surface area contributed by atoms with Crippen molar-refractivity contribution in [2.75, 3.05) is 0 Å². The Kier molecular flexibility index (Phi) is 3.73. The van der Waals surface area contributed by atoms with Crippen LogP contribution in [0, 0.1) is 13.7 Å². The smallest absolute Gasteiger partial charge is 0.326 e. The van der Waals surface area contributed by atoms with Crippen LogP contribution in [-0.2, 0) is 12.7 Å². The van der Waals surface area contributed by atoms with Gasteiger partial charge in [0.05, 0.1) is 10.5 Å². The molecule has 0 aliphatic rings. The summed E-state index contributed by atoms with van der Waals surface area (Å²) in [6.45, 7) is -0.314. The highest BCUT2D eigenvalue weighted by Gasteiger charge is 2.35. The van der Waals surface area contributed by atoms with E-state index < -0.39 is 22.4 Å². The normalized spacial score (nSPS) is 11.6. The van der Waals surface area contributed by atoms with E-state index >= 15 is 0 Å². The minimum Gasteiger partial charge on any atom is -0.326 e. The largest absolute Gasteiger partial charge is 0.417 e. The number of nitro groups is 1. The zero-order valence-corrected chi connectivity index (χ0v) is 9.87. The number of nitro benzene ring substituents is 1. The Balaban J connectivity index is 3.49. The molecular formula is C8H6F3IN2O2. The molecule has 0 saturated carbocycles. The maximum absolute atomic E-state index is 12.6. The van der Waals surface area contributed by atoms with Crippen molar-refractivity contribution in [2.45, 2.75) is 12.7 Å². The van der Waals surface area contributed by atoms with Gasteiger partial charge in [0, 0.05) is 22.2 Å². The first kappa shape index (κ1) is 13.2. The molecule has 0 atom stereocenters. The van der Waals surface area contributed by atoms with E-state index in [1.165, 1.54) is 0 Å². The Morgan fingerprint density at radius 2 is 2.00 bits per heavy atom. The van der Waals surface area contributed by atoms with Crippen LogP contribution < -0.4 is 5.73 Å². The molecule has 1 aromatic rings.